The van der Waals surface area contributed by atoms with Gasteiger partial charge in [-0.25, -0.2) is 9.78 Å². The minimum Gasteiger partial charge on any atom is -0.320 e. The lowest BCUT2D eigenvalue weighted by atomic mass is 10.1. The number of benzene rings is 1. The molecule has 0 bridgehead atoms. The third-order valence-electron chi connectivity index (χ3n) is 4.41. The molecule has 25 heavy (non-hydrogen) atoms. The summed E-state index contributed by atoms with van der Waals surface area (Å²) in [6.45, 7) is 7.18. The third-order valence-corrected chi connectivity index (χ3v) is 4.41. The monoisotopic (exact) mass is 337 g/mol. The quantitative estimate of drug-likeness (QED) is 0.790. The number of urea groups is 1. The highest BCUT2D eigenvalue weighted by Gasteiger charge is 2.14. The average Bonchev–Trinajstić information content (AvgIpc) is 2.88. The Morgan fingerprint density at radius 3 is 2.76 bits per heavy atom. The van der Waals surface area contributed by atoms with E-state index < -0.39 is 0 Å². The van der Waals surface area contributed by atoms with Crippen molar-refractivity contribution in [1.82, 2.24) is 19.7 Å². The maximum atomic E-state index is 12.7. The maximum Gasteiger partial charge on any atom is 0.322 e. The highest BCUT2D eigenvalue weighted by molar-refractivity contribution is 5.92. The molecule has 0 saturated carbocycles. The van der Waals surface area contributed by atoms with Crippen LogP contribution in [0.25, 0.3) is 11.0 Å². The maximum absolute atomic E-state index is 12.7. The zero-order chi connectivity index (χ0) is 18.0. The van der Waals surface area contributed by atoms with E-state index in [-0.39, 0.29) is 6.03 Å². The SMILES string of the molecule is CCN(Cc1ccccc1C)C(=O)Nc1cnc2c(c1)c(C)nn2C. The van der Waals surface area contributed by atoms with E-state index in [1.165, 1.54) is 5.56 Å². The summed E-state index contributed by atoms with van der Waals surface area (Å²) in [4.78, 5) is 18.8. The molecule has 0 fully saturated rings. The lowest BCUT2D eigenvalue weighted by molar-refractivity contribution is 0.212. The summed E-state index contributed by atoms with van der Waals surface area (Å²) in [7, 11) is 1.86. The molecule has 0 radical (unpaired) electrons. The number of hydrogen-bond acceptors (Lipinski definition) is 3. The number of pyridine rings is 1. The molecule has 0 spiro atoms. The van der Waals surface area contributed by atoms with Gasteiger partial charge in [0.15, 0.2) is 5.65 Å². The van der Waals surface area contributed by atoms with E-state index in [0.29, 0.717) is 18.8 Å². The van der Waals surface area contributed by atoms with E-state index in [2.05, 4.69) is 34.5 Å². The molecule has 0 saturated heterocycles. The van der Waals surface area contributed by atoms with Gasteiger partial charge < -0.3 is 10.2 Å². The van der Waals surface area contributed by atoms with Crippen molar-refractivity contribution in [2.45, 2.75) is 27.3 Å². The predicted octanol–water partition coefficient (Wildman–Crippen LogP) is 3.64. The Kier molecular flexibility index (Phi) is 4.70. The molecule has 0 aliphatic carbocycles. The van der Waals surface area contributed by atoms with Crippen LogP contribution < -0.4 is 5.32 Å². The molecule has 2 heterocycles. The number of fused-ring (bicyclic) bond motifs is 1. The molecule has 3 aromatic rings. The van der Waals surface area contributed by atoms with Gasteiger partial charge in [0.05, 0.1) is 17.6 Å². The fourth-order valence-electron chi connectivity index (χ4n) is 2.90. The molecular formula is C19H23N5O. The molecule has 1 N–H and O–H groups in total. The van der Waals surface area contributed by atoms with Crippen molar-refractivity contribution >= 4 is 22.8 Å². The van der Waals surface area contributed by atoms with Crippen molar-refractivity contribution in [3.63, 3.8) is 0 Å². The van der Waals surface area contributed by atoms with Crippen LogP contribution in [0.3, 0.4) is 0 Å². The van der Waals surface area contributed by atoms with Crippen LogP contribution >= 0.6 is 0 Å². The lowest BCUT2D eigenvalue weighted by Crippen LogP contribution is -2.34. The molecule has 2 aromatic heterocycles. The standard InChI is InChI=1S/C19H23N5O/c1-5-24(12-15-9-7-6-8-13(15)2)19(25)21-16-10-17-14(3)22-23(4)18(17)20-11-16/h6-11H,5,12H2,1-4H3,(H,21,25). The Labute approximate surface area is 147 Å². The van der Waals surface area contributed by atoms with Crippen molar-refractivity contribution in [2.75, 3.05) is 11.9 Å². The van der Waals surface area contributed by atoms with E-state index in [0.717, 1.165) is 22.3 Å². The van der Waals surface area contributed by atoms with Gasteiger partial charge in [-0.05, 0) is 38.0 Å². The highest BCUT2D eigenvalue weighted by atomic mass is 16.2. The first-order valence-corrected chi connectivity index (χ1v) is 8.39. The topological polar surface area (TPSA) is 63.1 Å². The van der Waals surface area contributed by atoms with E-state index in [4.69, 9.17) is 0 Å². The van der Waals surface area contributed by atoms with Crippen LogP contribution in [0.2, 0.25) is 0 Å². The van der Waals surface area contributed by atoms with Crippen molar-refractivity contribution in [3.8, 4) is 0 Å². The van der Waals surface area contributed by atoms with E-state index >= 15 is 0 Å². The Hall–Kier alpha value is -2.89. The predicted molar refractivity (Wildman–Crippen MR) is 99.5 cm³/mol. The number of anilines is 1. The summed E-state index contributed by atoms with van der Waals surface area (Å²) in [5.41, 5.74) is 4.71. The summed E-state index contributed by atoms with van der Waals surface area (Å²) in [6.07, 6.45) is 1.67. The van der Waals surface area contributed by atoms with Gasteiger partial charge in [0, 0.05) is 25.5 Å². The van der Waals surface area contributed by atoms with E-state index in [9.17, 15) is 4.79 Å². The van der Waals surface area contributed by atoms with E-state index in [1.54, 1.807) is 15.8 Å². The Balaban J connectivity index is 1.78. The van der Waals surface area contributed by atoms with Crippen molar-refractivity contribution in [2.24, 2.45) is 7.05 Å². The molecule has 0 aliphatic heterocycles. The van der Waals surface area contributed by atoms with Crippen LogP contribution in [0, 0.1) is 13.8 Å². The zero-order valence-electron chi connectivity index (χ0n) is 15.1. The van der Waals surface area contributed by atoms with Gasteiger partial charge in [0.1, 0.15) is 0 Å². The van der Waals surface area contributed by atoms with Gasteiger partial charge >= 0.3 is 6.03 Å². The van der Waals surface area contributed by atoms with Crippen LogP contribution in [0.1, 0.15) is 23.7 Å². The van der Waals surface area contributed by atoms with Gasteiger partial charge in [-0.15, -0.1) is 0 Å². The summed E-state index contributed by atoms with van der Waals surface area (Å²) in [5, 5.41) is 8.25. The van der Waals surface area contributed by atoms with Gasteiger partial charge in [0.25, 0.3) is 0 Å². The van der Waals surface area contributed by atoms with Gasteiger partial charge in [-0.3, -0.25) is 4.68 Å². The Bertz CT molecular complexity index is 915. The Morgan fingerprint density at radius 2 is 2.04 bits per heavy atom. The summed E-state index contributed by atoms with van der Waals surface area (Å²) >= 11 is 0. The van der Waals surface area contributed by atoms with Crippen LogP contribution in [-0.4, -0.2) is 32.2 Å². The second-order valence-corrected chi connectivity index (χ2v) is 6.17. The molecular weight excluding hydrogens is 314 g/mol. The smallest absolute Gasteiger partial charge is 0.320 e. The number of nitrogens with zero attached hydrogens (tertiary/aromatic N) is 4. The fourth-order valence-corrected chi connectivity index (χ4v) is 2.90. The zero-order valence-corrected chi connectivity index (χ0v) is 15.1. The third kappa shape index (κ3) is 3.47. The summed E-state index contributed by atoms with van der Waals surface area (Å²) in [6, 6.07) is 9.91. The first-order chi connectivity index (χ1) is 12.0. The molecule has 0 atom stereocenters. The lowest BCUT2D eigenvalue weighted by Gasteiger charge is -2.22. The summed E-state index contributed by atoms with van der Waals surface area (Å²) in [5.74, 6) is 0. The first kappa shape index (κ1) is 17.0. The number of hydrogen-bond donors (Lipinski definition) is 1. The molecule has 1 aromatic carbocycles. The molecule has 6 heteroatoms. The molecule has 6 nitrogen and oxygen atoms in total. The largest absolute Gasteiger partial charge is 0.322 e. The van der Waals surface area contributed by atoms with Gasteiger partial charge in [-0.2, -0.15) is 5.10 Å². The number of amides is 2. The number of aryl methyl sites for hydroxylation is 3. The number of nitrogens with one attached hydrogen (secondary N) is 1. The van der Waals surface area contributed by atoms with Crippen molar-refractivity contribution in [1.29, 1.82) is 0 Å². The van der Waals surface area contributed by atoms with Gasteiger partial charge in [-0.1, -0.05) is 24.3 Å². The number of rotatable bonds is 4. The van der Waals surface area contributed by atoms with Crippen LogP contribution in [0.4, 0.5) is 10.5 Å². The molecule has 0 unspecified atom stereocenters. The van der Waals surface area contributed by atoms with Crippen LogP contribution in [-0.2, 0) is 13.6 Å². The highest BCUT2D eigenvalue weighted by Crippen LogP contribution is 2.20. The second-order valence-electron chi connectivity index (χ2n) is 6.17. The number of aromatic nitrogens is 3. The number of carbonyl (C=O) groups excluding carboxylic acids is 1. The first-order valence-electron chi connectivity index (χ1n) is 8.39. The molecule has 130 valence electrons. The molecule has 3 rings (SSSR count). The van der Waals surface area contributed by atoms with Gasteiger partial charge in [0.2, 0.25) is 0 Å². The Morgan fingerprint density at radius 1 is 1.28 bits per heavy atom. The number of carbonyl (C=O) groups is 1. The van der Waals surface area contributed by atoms with E-state index in [1.807, 2.05) is 39.1 Å². The minimum absolute atomic E-state index is 0.131. The van der Waals surface area contributed by atoms with Crippen molar-refractivity contribution < 1.29 is 4.79 Å². The average molecular weight is 337 g/mol. The minimum atomic E-state index is -0.131. The second kappa shape index (κ2) is 6.93. The van der Waals surface area contributed by atoms with Crippen LogP contribution in [0.15, 0.2) is 36.5 Å². The normalized spacial score (nSPS) is 10.9. The van der Waals surface area contributed by atoms with Crippen LogP contribution in [0.5, 0.6) is 0 Å². The van der Waals surface area contributed by atoms with Crippen molar-refractivity contribution in [3.05, 3.63) is 53.3 Å². The molecule has 2 amide bonds. The summed E-state index contributed by atoms with van der Waals surface area (Å²) < 4.78 is 1.74. The fraction of sp³-hybridized carbons (Fsp3) is 0.316. The molecule has 0 aliphatic rings.